The summed E-state index contributed by atoms with van der Waals surface area (Å²) in [4.78, 5) is 29.0. The summed E-state index contributed by atoms with van der Waals surface area (Å²) in [6.07, 6.45) is 0.515. The molecule has 0 aliphatic carbocycles. The highest BCUT2D eigenvalue weighted by molar-refractivity contribution is 5.98. The normalized spacial score (nSPS) is 22.3. The van der Waals surface area contributed by atoms with E-state index in [1.165, 1.54) is 32.4 Å². The molecule has 1 amide bonds. The van der Waals surface area contributed by atoms with E-state index < -0.39 is 35.2 Å². The minimum Gasteiger partial charge on any atom is -0.493 e. The number of Topliss-reactive ketones (excluding diaryl/α,β-unsaturated/α-hetero) is 1. The number of hydrogen-bond acceptors (Lipinski definition) is 5. The van der Waals surface area contributed by atoms with Gasteiger partial charge in [0, 0.05) is 30.3 Å². The number of benzene rings is 1. The molecule has 0 radical (unpaired) electrons. The van der Waals surface area contributed by atoms with Gasteiger partial charge in [-0.15, -0.1) is 0 Å². The number of hydrogen-bond donors (Lipinski definition) is 1. The third-order valence-electron chi connectivity index (χ3n) is 6.02. The average Bonchev–Trinajstić information content (AvgIpc) is 2.95. The number of carbonyl (C=O) groups is 2. The van der Waals surface area contributed by atoms with Crippen LogP contribution in [0, 0.1) is 24.5 Å². The monoisotopic (exact) mass is 432 g/mol. The molecule has 3 rings (SSSR count). The lowest BCUT2D eigenvalue weighted by molar-refractivity contribution is -0.131. The number of halogens is 2. The van der Waals surface area contributed by atoms with Crippen LogP contribution in [0.3, 0.4) is 0 Å². The molecule has 1 aromatic carbocycles. The van der Waals surface area contributed by atoms with Gasteiger partial charge in [-0.25, -0.2) is 4.39 Å². The molecule has 1 saturated heterocycles. The highest BCUT2D eigenvalue weighted by Gasteiger charge is 2.51. The van der Waals surface area contributed by atoms with E-state index in [-0.39, 0.29) is 23.1 Å². The van der Waals surface area contributed by atoms with Gasteiger partial charge < -0.3 is 14.8 Å². The molecule has 6 nitrogen and oxygen atoms in total. The van der Waals surface area contributed by atoms with Gasteiger partial charge in [-0.1, -0.05) is 13.0 Å². The van der Waals surface area contributed by atoms with Gasteiger partial charge in [0.15, 0.2) is 17.3 Å². The number of ether oxygens (including phenoxy) is 2. The summed E-state index contributed by atoms with van der Waals surface area (Å²) in [5, 5.41) is 2.80. The van der Waals surface area contributed by atoms with Crippen LogP contribution < -0.4 is 10.1 Å². The Labute approximate surface area is 180 Å². The number of aryl methyl sites for hydroxylation is 1. The smallest absolute Gasteiger partial charge is 0.254 e. The molecule has 8 heteroatoms. The van der Waals surface area contributed by atoms with Gasteiger partial charge in [-0.3, -0.25) is 14.6 Å². The molecule has 2 aromatic rings. The van der Waals surface area contributed by atoms with Crippen LogP contribution in [0.4, 0.5) is 14.5 Å². The van der Waals surface area contributed by atoms with Crippen molar-refractivity contribution in [1.29, 1.82) is 0 Å². The molecule has 0 unspecified atom stereocenters. The third-order valence-corrected chi connectivity index (χ3v) is 6.02. The lowest BCUT2D eigenvalue weighted by Crippen LogP contribution is -2.33. The molecule has 1 aromatic heterocycles. The quantitative estimate of drug-likeness (QED) is 0.708. The summed E-state index contributed by atoms with van der Waals surface area (Å²) in [7, 11) is 1.26. The lowest BCUT2D eigenvalue weighted by Gasteiger charge is -2.25. The number of carbonyl (C=O) groups excluding carboxylic acids is 2. The minimum absolute atomic E-state index is 0.215. The Morgan fingerprint density at radius 1 is 1.26 bits per heavy atom. The molecular weight excluding hydrogens is 406 g/mol. The zero-order chi connectivity index (χ0) is 23.1. The molecule has 0 spiro atoms. The Hall–Kier alpha value is -2.87. The number of rotatable bonds is 5. The zero-order valence-corrected chi connectivity index (χ0v) is 18.4. The number of pyridine rings is 1. The Kier molecular flexibility index (Phi) is 6.14. The first-order valence-corrected chi connectivity index (χ1v) is 9.96. The summed E-state index contributed by atoms with van der Waals surface area (Å²) in [5.74, 6) is -3.87. The van der Waals surface area contributed by atoms with Gasteiger partial charge in [-0.2, -0.15) is 4.39 Å². The van der Waals surface area contributed by atoms with Crippen LogP contribution in [0.5, 0.6) is 5.75 Å². The summed E-state index contributed by atoms with van der Waals surface area (Å²) in [6.45, 7) is 8.72. The van der Waals surface area contributed by atoms with Crippen molar-refractivity contribution in [1.82, 2.24) is 4.98 Å². The molecule has 0 bridgehead atoms. The van der Waals surface area contributed by atoms with Crippen LogP contribution in [0.2, 0.25) is 0 Å². The average molecular weight is 432 g/mol. The second kappa shape index (κ2) is 8.34. The Morgan fingerprint density at radius 2 is 1.94 bits per heavy atom. The van der Waals surface area contributed by atoms with Crippen LogP contribution in [0.25, 0.3) is 0 Å². The number of aromatic nitrogens is 1. The third kappa shape index (κ3) is 4.17. The molecule has 1 fully saturated rings. The second-order valence-corrected chi connectivity index (χ2v) is 8.37. The maximum atomic E-state index is 14.4. The van der Waals surface area contributed by atoms with Crippen LogP contribution in [-0.2, 0) is 9.53 Å². The van der Waals surface area contributed by atoms with E-state index in [4.69, 9.17) is 9.47 Å². The summed E-state index contributed by atoms with van der Waals surface area (Å²) < 4.78 is 39.4. The van der Waals surface area contributed by atoms with Crippen LogP contribution in [0.1, 0.15) is 55.2 Å². The number of methoxy groups -OCH3 is 1. The van der Waals surface area contributed by atoms with Gasteiger partial charge in [0.1, 0.15) is 11.8 Å². The Balaban J connectivity index is 2.02. The van der Waals surface area contributed by atoms with Crippen LogP contribution >= 0.6 is 0 Å². The van der Waals surface area contributed by atoms with Crippen molar-refractivity contribution in [3.8, 4) is 5.75 Å². The van der Waals surface area contributed by atoms with Gasteiger partial charge in [-0.05, 0) is 44.4 Å². The molecule has 1 aliphatic rings. The minimum atomic E-state index is -1.10. The summed E-state index contributed by atoms with van der Waals surface area (Å²) in [5.41, 5.74) is 0.976. The molecule has 0 saturated carbocycles. The highest BCUT2D eigenvalue weighted by Crippen LogP contribution is 2.49. The Bertz CT molecular complexity index is 1040. The molecular formula is C23H26F2N2O4. The number of amides is 1. The number of ketones is 1. The van der Waals surface area contributed by atoms with E-state index >= 15 is 0 Å². The van der Waals surface area contributed by atoms with Crippen molar-refractivity contribution in [2.75, 3.05) is 12.4 Å². The van der Waals surface area contributed by atoms with Crippen molar-refractivity contribution in [2.24, 2.45) is 5.92 Å². The zero-order valence-electron chi connectivity index (χ0n) is 18.4. The molecule has 1 N–H and O–H groups in total. The van der Waals surface area contributed by atoms with E-state index in [1.807, 2.05) is 20.8 Å². The van der Waals surface area contributed by atoms with Gasteiger partial charge in [0.05, 0.1) is 12.7 Å². The van der Waals surface area contributed by atoms with Gasteiger partial charge >= 0.3 is 0 Å². The first kappa shape index (κ1) is 22.8. The number of nitrogens with zero attached hydrogens (tertiary/aromatic N) is 1. The van der Waals surface area contributed by atoms with Crippen molar-refractivity contribution in [3.05, 3.63) is 52.9 Å². The fraction of sp³-hybridized carbons (Fsp3) is 0.435. The van der Waals surface area contributed by atoms with Crippen LogP contribution in [-0.4, -0.2) is 35.5 Å². The molecule has 31 heavy (non-hydrogen) atoms. The first-order chi connectivity index (χ1) is 14.5. The highest BCUT2D eigenvalue weighted by atomic mass is 19.2. The molecule has 2 heterocycles. The van der Waals surface area contributed by atoms with E-state index in [0.29, 0.717) is 16.8 Å². The molecule has 166 valence electrons. The maximum absolute atomic E-state index is 14.4. The van der Waals surface area contributed by atoms with Crippen molar-refractivity contribution < 1.29 is 27.8 Å². The molecule has 3 atom stereocenters. The standard InChI is InChI=1S/C23H26F2N2O4/c1-11-10-26-17(13(3)28)9-16(11)27-22(29)21-18(12(2)23(4,5)31-21)14-7-8-15(24)19(25)20(14)30-6/h7-10,12,18,21H,1-6H3,(H,26,27,29)/t12-,18-,21+/m0/s1. The van der Waals surface area contributed by atoms with E-state index in [9.17, 15) is 18.4 Å². The maximum Gasteiger partial charge on any atom is 0.254 e. The van der Waals surface area contributed by atoms with E-state index in [0.717, 1.165) is 6.07 Å². The fourth-order valence-electron chi connectivity index (χ4n) is 3.92. The topological polar surface area (TPSA) is 77.5 Å². The van der Waals surface area contributed by atoms with Crippen molar-refractivity contribution >= 4 is 17.4 Å². The van der Waals surface area contributed by atoms with Gasteiger partial charge in [0.2, 0.25) is 5.82 Å². The predicted octanol–water partition coefficient (Wildman–Crippen LogP) is 4.42. The van der Waals surface area contributed by atoms with Crippen molar-refractivity contribution in [3.63, 3.8) is 0 Å². The summed E-state index contributed by atoms with van der Waals surface area (Å²) in [6, 6.07) is 3.95. The first-order valence-electron chi connectivity index (χ1n) is 9.96. The predicted molar refractivity (Wildman–Crippen MR) is 111 cm³/mol. The van der Waals surface area contributed by atoms with E-state index in [1.54, 1.807) is 6.92 Å². The largest absolute Gasteiger partial charge is 0.493 e. The second-order valence-electron chi connectivity index (χ2n) is 8.37. The van der Waals surface area contributed by atoms with Crippen LogP contribution in [0.15, 0.2) is 24.4 Å². The number of anilines is 1. The Morgan fingerprint density at radius 3 is 2.55 bits per heavy atom. The van der Waals surface area contributed by atoms with E-state index in [2.05, 4.69) is 10.3 Å². The SMILES string of the molecule is COc1c([C@H]2[C@H](C(=O)Nc3cc(C(C)=O)ncc3C)OC(C)(C)[C@H]2C)ccc(F)c1F. The van der Waals surface area contributed by atoms with Gasteiger partial charge in [0.25, 0.3) is 5.91 Å². The lowest BCUT2D eigenvalue weighted by atomic mass is 9.78. The number of nitrogens with one attached hydrogen (secondary N) is 1. The van der Waals surface area contributed by atoms with Crippen molar-refractivity contribution in [2.45, 2.75) is 52.2 Å². The fourth-order valence-corrected chi connectivity index (χ4v) is 3.92. The summed E-state index contributed by atoms with van der Waals surface area (Å²) >= 11 is 0. The molecule has 1 aliphatic heterocycles.